The highest BCUT2D eigenvalue weighted by Crippen LogP contribution is 2.49. The molecule has 0 bridgehead atoms. The van der Waals surface area contributed by atoms with E-state index in [1.165, 1.54) is 6.07 Å². The molecular formula is C15H21NO4. The molecule has 110 valence electrons. The van der Waals surface area contributed by atoms with Gasteiger partial charge in [-0.25, -0.2) is 4.79 Å². The normalized spacial score (nSPS) is 17.6. The Bertz CT molecular complexity index is 542. The van der Waals surface area contributed by atoms with Crippen molar-refractivity contribution in [3.63, 3.8) is 0 Å². The lowest BCUT2D eigenvalue weighted by molar-refractivity contribution is 0.0648. The van der Waals surface area contributed by atoms with Crippen LogP contribution in [0.1, 0.15) is 60.3 Å². The molecule has 1 fully saturated rings. The molecule has 1 amide bonds. The lowest BCUT2D eigenvalue weighted by Crippen LogP contribution is -2.39. The lowest BCUT2D eigenvalue weighted by atomic mass is 9.99. The summed E-state index contributed by atoms with van der Waals surface area (Å²) in [5, 5.41) is 9.09. The van der Waals surface area contributed by atoms with E-state index in [4.69, 9.17) is 9.52 Å². The Kier molecular flexibility index (Phi) is 3.63. The summed E-state index contributed by atoms with van der Waals surface area (Å²) < 4.78 is 5.42. The molecule has 0 aliphatic heterocycles. The maximum Gasteiger partial charge on any atom is 0.339 e. The Morgan fingerprint density at radius 1 is 1.50 bits per heavy atom. The first kappa shape index (κ1) is 14.6. The van der Waals surface area contributed by atoms with E-state index >= 15 is 0 Å². The van der Waals surface area contributed by atoms with Gasteiger partial charge in [-0.2, -0.15) is 0 Å². The van der Waals surface area contributed by atoms with Gasteiger partial charge in [0, 0.05) is 25.6 Å². The van der Waals surface area contributed by atoms with E-state index in [0.717, 1.165) is 12.8 Å². The molecule has 20 heavy (non-hydrogen) atoms. The summed E-state index contributed by atoms with van der Waals surface area (Å²) in [7, 11) is 1.74. The zero-order valence-electron chi connectivity index (χ0n) is 12.4. The minimum absolute atomic E-state index is 0.0783. The van der Waals surface area contributed by atoms with Crippen LogP contribution in [0.25, 0.3) is 0 Å². The van der Waals surface area contributed by atoms with E-state index in [0.29, 0.717) is 12.2 Å². The fourth-order valence-corrected chi connectivity index (χ4v) is 2.41. The molecule has 5 nitrogen and oxygen atoms in total. The Morgan fingerprint density at radius 2 is 2.10 bits per heavy atom. The molecule has 1 aromatic rings. The van der Waals surface area contributed by atoms with Crippen LogP contribution in [0.3, 0.4) is 0 Å². The van der Waals surface area contributed by atoms with Crippen molar-refractivity contribution in [2.45, 2.75) is 46.1 Å². The number of hydrogen-bond donors (Lipinski definition) is 1. The van der Waals surface area contributed by atoms with Crippen molar-refractivity contribution in [1.29, 1.82) is 0 Å². The van der Waals surface area contributed by atoms with E-state index in [1.54, 1.807) is 18.9 Å². The SMILES string of the molecule is CCc1oc(C(=O)N(C)C(C)C2(C)CC2)cc1C(=O)O. The van der Waals surface area contributed by atoms with Crippen LogP contribution in [0.15, 0.2) is 10.5 Å². The van der Waals surface area contributed by atoms with Gasteiger partial charge in [0.25, 0.3) is 5.91 Å². The fraction of sp³-hybridized carbons (Fsp3) is 0.600. The third kappa shape index (κ3) is 2.44. The number of carboxylic acid groups (broad SMARTS) is 1. The summed E-state index contributed by atoms with van der Waals surface area (Å²) in [5.41, 5.74) is 0.259. The molecule has 0 radical (unpaired) electrons. The quantitative estimate of drug-likeness (QED) is 0.899. The van der Waals surface area contributed by atoms with Gasteiger partial charge in [-0.3, -0.25) is 4.79 Å². The number of rotatable bonds is 5. The highest BCUT2D eigenvalue weighted by atomic mass is 16.4. The third-order valence-corrected chi connectivity index (χ3v) is 4.52. The molecule has 0 spiro atoms. The summed E-state index contributed by atoms with van der Waals surface area (Å²) in [4.78, 5) is 25.2. The van der Waals surface area contributed by atoms with Crippen molar-refractivity contribution < 1.29 is 19.1 Å². The zero-order chi connectivity index (χ0) is 15.1. The summed E-state index contributed by atoms with van der Waals surface area (Å²) in [5.74, 6) is -0.861. The van der Waals surface area contributed by atoms with Gasteiger partial charge >= 0.3 is 5.97 Å². The predicted octanol–water partition coefficient (Wildman–Crippen LogP) is 2.80. The molecule has 1 heterocycles. The van der Waals surface area contributed by atoms with E-state index in [-0.39, 0.29) is 28.7 Å². The Morgan fingerprint density at radius 3 is 2.50 bits per heavy atom. The standard InChI is InChI=1S/C15H21NO4/c1-5-11-10(14(18)19)8-12(20-11)13(17)16(4)9(2)15(3)6-7-15/h8-9H,5-7H2,1-4H3,(H,18,19). The van der Waals surface area contributed by atoms with Crippen LogP contribution in [-0.2, 0) is 6.42 Å². The van der Waals surface area contributed by atoms with Gasteiger partial charge < -0.3 is 14.4 Å². The number of hydrogen-bond acceptors (Lipinski definition) is 3. The number of furan rings is 1. The number of carboxylic acids is 1. The first-order chi connectivity index (χ1) is 9.30. The molecule has 1 aromatic heterocycles. The van der Waals surface area contributed by atoms with Gasteiger partial charge in [0.05, 0.1) is 0 Å². The molecule has 1 aliphatic rings. The second kappa shape index (κ2) is 4.96. The molecular weight excluding hydrogens is 258 g/mol. The molecule has 1 atom stereocenters. The number of carbonyl (C=O) groups is 2. The van der Waals surface area contributed by atoms with Gasteiger partial charge in [0.15, 0.2) is 5.76 Å². The van der Waals surface area contributed by atoms with Crippen LogP contribution in [-0.4, -0.2) is 35.0 Å². The minimum atomic E-state index is -1.06. The number of nitrogens with zero attached hydrogens (tertiary/aromatic N) is 1. The average molecular weight is 279 g/mol. The van der Waals surface area contributed by atoms with Crippen LogP contribution in [0, 0.1) is 5.41 Å². The summed E-state index contributed by atoms with van der Waals surface area (Å²) in [6, 6.07) is 1.44. The Balaban J connectivity index is 2.22. The second-order valence-electron chi connectivity index (χ2n) is 5.85. The first-order valence-electron chi connectivity index (χ1n) is 6.93. The number of aromatic carboxylic acids is 1. The minimum Gasteiger partial charge on any atom is -0.478 e. The summed E-state index contributed by atoms with van der Waals surface area (Å²) in [6.45, 7) is 5.98. The first-order valence-corrected chi connectivity index (χ1v) is 6.93. The van der Waals surface area contributed by atoms with Gasteiger partial charge in [0.1, 0.15) is 11.3 Å². The van der Waals surface area contributed by atoms with Crippen molar-refractivity contribution in [3.8, 4) is 0 Å². The van der Waals surface area contributed by atoms with E-state index in [1.807, 2.05) is 6.92 Å². The second-order valence-corrected chi connectivity index (χ2v) is 5.85. The van der Waals surface area contributed by atoms with Crippen molar-refractivity contribution in [2.75, 3.05) is 7.05 Å². The summed E-state index contributed by atoms with van der Waals surface area (Å²) >= 11 is 0. The molecule has 5 heteroatoms. The van der Waals surface area contributed by atoms with Crippen molar-refractivity contribution in [1.82, 2.24) is 4.90 Å². The van der Waals surface area contributed by atoms with Gasteiger partial charge in [0.2, 0.25) is 0 Å². The van der Waals surface area contributed by atoms with E-state index in [9.17, 15) is 9.59 Å². The maximum absolute atomic E-state index is 12.4. The van der Waals surface area contributed by atoms with Crippen molar-refractivity contribution in [2.24, 2.45) is 5.41 Å². The monoisotopic (exact) mass is 279 g/mol. The fourth-order valence-electron chi connectivity index (χ4n) is 2.41. The smallest absolute Gasteiger partial charge is 0.339 e. The zero-order valence-corrected chi connectivity index (χ0v) is 12.4. The number of carbonyl (C=O) groups excluding carboxylic acids is 1. The predicted molar refractivity (Wildman–Crippen MR) is 73.9 cm³/mol. The van der Waals surface area contributed by atoms with Crippen LogP contribution >= 0.6 is 0 Å². The summed E-state index contributed by atoms with van der Waals surface area (Å²) in [6.07, 6.45) is 2.68. The third-order valence-electron chi connectivity index (χ3n) is 4.52. The molecule has 1 unspecified atom stereocenters. The molecule has 1 N–H and O–H groups in total. The topological polar surface area (TPSA) is 70.8 Å². The molecule has 0 aromatic carbocycles. The lowest BCUT2D eigenvalue weighted by Gasteiger charge is -2.29. The van der Waals surface area contributed by atoms with Crippen LogP contribution in [0.4, 0.5) is 0 Å². The van der Waals surface area contributed by atoms with Gasteiger partial charge in [-0.05, 0) is 25.2 Å². The Hall–Kier alpha value is -1.78. The van der Waals surface area contributed by atoms with E-state index < -0.39 is 5.97 Å². The maximum atomic E-state index is 12.4. The Labute approximate surface area is 118 Å². The van der Waals surface area contributed by atoms with Gasteiger partial charge in [-0.15, -0.1) is 0 Å². The van der Waals surface area contributed by atoms with Crippen LogP contribution < -0.4 is 0 Å². The molecule has 2 rings (SSSR count). The van der Waals surface area contributed by atoms with Crippen molar-refractivity contribution in [3.05, 3.63) is 23.2 Å². The van der Waals surface area contributed by atoms with Crippen LogP contribution in [0.5, 0.6) is 0 Å². The van der Waals surface area contributed by atoms with Crippen LogP contribution in [0.2, 0.25) is 0 Å². The molecule has 0 saturated heterocycles. The molecule has 1 saturated carbocycles. The van der Waals surface area contributed by atoms with E-state index in [2.05, 4.69) is 6.92 Å². The van der Waals surface area contributed by atoms with Crippen molar-refractivity contribution >= 4 is 11.9 Å². The highest BCUT2D eigenvalue weighted by molar-refractivity contribution is 5.96. The largest absolute Gasteiger partial charge is 0.478 e. The average Bonchev–Trinajstić information content (AvgIpc) is 3.02. The number of amides is 1. The number of aryl methyl sites for hydroxylation is 1. The highest BCUT2D eigenvalue weighted by Gasteiger charge is 2.45. The van der Waals surface area contributed by atoms with Gasteiger partial charge in [-0.1, -0.05) is 13.8 Å². The molecule has 1 aliphatic carbocycles.